The van der Waals surface area contributed by atoms with E-state index in [0.29, 0.717) is 12.2 Å². The molecular formula is C19H24N4O3S. The molecule has 0 aliphatic heterocycles. The summed E-state index contributed by atoms with van der Waals surface area (Å²) in [5, 5.41) is 8.00. The fourth-order valence-electron chi connectivity index (χ4n) is 3.39. The third kappa shape index (κ3) is 5.27. The Hall–Kier alpha value is -2.45. The molecule has 0 spiro atoms. The Labute approximate surface area is 159 Å². The first kappa shape index (κ1) is 19.3. The Morgan fingerprint density at radius 1 is 1.19 bits per heavy atom. The van der Waals surface area contributed by atoms with Gasteiger partial charge in [0.2, 0.25) is 10.0 Å². The van der Waals surface area contributed by atoms with Crippen LogP contribution in [0.5, 0.6) is 0 Å². The molecule has 0 saturated heterocycles. The molecule has 1 aliphatic rings. The molecule has 1 aliphatic carbocycles. The van der Waals surface area contributed by atoms with Gasteiger partial charge in [0.1, 0.15) is 0 Å². The third-order valence-electron chi connectivity index (χ3n) is 4.77. The molecule has 1 aromatic heterocycles. The second-order valence-electron chi connectivity index (χ2n) is 6.78. The highest BCUT2D eigenvalue weighted by atomic mass is 32.2. The number of anilines is 1. The number of aromatic nitrogens is 1. The zero-order valence-corrected chi connectivity index (χ0v) is 15.9. The van der Waals surface area contributed by atoms with Crippen molar-refractivity contribution in [2.45, 2.75) is 49.6 Å². The van der Waals surface area contributed by atoms with Crippen molar-refractivity contribution in [1.29, 1.82) is 0 Å². The fraction of sp³-hybridized carbons (Fsp3) is 0.368. The van der Waals surface area contributed by atoms with E-state index in [-0.39, 0.29) is 17.0 Å². The number of hydrogen-bond donors (Lipinski definition) is 2. The average molecular weight is 388 g/mol. The molecule has 0 unspecified atom stereocenters. The minimum atomic E-state index is -3.82. The highest BCUT2D eigenvalue weighted by Gasteiger charge is 2.26. The molecule has 27 heavy (non-hydrogen) atoms. The standard InChI is InChI=1S/C19H24N4O3S/c20-27(25,26)18-10-4-7-16(12-18)22-19(24)23(17-8-2-1-3-9-17)14-15-6-5-11-21-13-15/h4-7,10-13,17H,1-3,8-9,14H2,(H,22,24)(H2,20,25,26). The predicted molar refractivity (Wildman–Crippen MR) is 103 cm³/mol. The molecule has 144 valence electrons. The molecule has 1 saturated carbocycles. The summed E-state index contributed by atoms with van der Waals surface area (Å²) in [4.78, 5) is 18.9. The maximum Gasteiger partial charge on any atom is 0.322 e. The van der Waals surface area contributed by atoms with Gasteiger partial charge in [0.05, 0.1) is 4.90 Å². The number of amides is 2. The van der Waals surface area contributed by atoms with Crippen molar-refractivity contribution in [3.8, 4) is 0 Å². The zero-order valence-electron chi connectivity index (χ0n) is 15.0. The molecule has 1 heterocycles. The maximum atomic E-state index is 13.0. The van der Waals surface area contributed by atoms with Crippen LogP contribution in [0.4, 0.5) is 10.5 Å². The average Bonchev–Trinajstić information content (AvgIpc) is 2.67. The summed E-state index contributed by atoms with van der Waals surface area (Å²) in [6.45, 7) is 0.458. The van der Waals surface area contributed by atoms with Crippen molar-refractivity contribution in [2.24, 2.45) is 5.14 Å². The van der Waals surface area contributed by atoms with Gasteiger partial charge < -0.3 is 10.2 Å². The number of urea groups is 1. The van der Waals surface area contributed by atoms with Gasteiger partial charge in [0, 0.05) is 30.7 Å². The molecule has 0 radical (unpaired) electrons. The lowest BCUT2D eigenvalue weighted by atomic mass is 9.94. The molecule has 0 bridgehead atoms. The van der Waals surface area contributed by atoms with Gasteiger partial charge in [0.15, 0.2) is 0 Å². The number of sulfonamides is 1. The summed E-state index contributed by atoms with van der Waals surface area (Å²) in [7, 11) is -3.82. The van der Waals surface area contributed by atoms with E-state index < -0.39 is 10.0 Å². The number of benzene rings is 1. The third-order valence-corrected chi connectivity index (χ3v) is 5.68. The molecule has 2 amide bonds. The van der Waals surface area contributed by atoms with Crippen molar-refractivity contribution < 1.29 is 13.2 Å². The van der Waals surface area contributed by atoms with Crippen molar-refractivity contribution in [2.75, 3.05) is 5.32 Å². The van der Waals surface area contributed by atoms with Crippen molar-refractivity contribution in [3.63, 3.8) is 0 Å². The summed E-state index contributed by atoms with van der Waals surface area (Å²) in [6, 6.07) is 9.67. The molecule has 3 rings (SSSR count). The van der Waals surface area contributed by atoms with Crippen LogP contribution in [0.2, 0.25) is 0 Å². The van der Waals surface area contributed by atoms with Crippen LogP contribution in [-0.2, 0) is 16.6 Å². The molecular weight excluding hydrogens is 364 g/mol. The summed E-state index contributed by atoms with van der Waals surface area (Å²) in [6.07, 6.45) is 8.77. The van der Waals surface area contributed by atoms with Crippen LogP contribution in [-0.4, -0.2) is 30.4 Å². The fourth-order valence-corrected chi connectivity index (χ4v) is 3.95. The summed E-state index contributed by atoms with van der Waals surface area (Å²) in [5.74, 6) is 0. The minimum Gasteiger partial charge on any atom is -0.317 e. The first-order valence-electron chi connectivity index (χ1n) is 9.03. The van der Waals surface area contributed by atoms with E-state index in [0.717, 1.165) is 31.2 Å². The Bertz CT molecular complexity index is 881. The van der Waals surface area contributed by atoms with Gasteiger partial charge in [-0.15, -0.1) is 0 Å². The lowest BCUT2D eigenvalue weighted by molar-refractivity contribution is 0.162. The van der Waals surface area contributed by atoms with Crippen LogP contribution >= 0.6 is 0 Å². The van der Waals surface area contributed by atoms with E-state index >= 15 is 0 Å². The quantitative estimate of drug-likeness (QED) is 0.821. The molecule has 2 aromatic rings. The van der Waals surface area contributed by atoms with E-state index in [9.17, 15) is 13.2 Å². The number of hydrogen-bond acceptors (Lipinski definition) is 4. The number of nitrogens with zero attached hydrogens (tertiary/aromatic N) is 2. The molecule has 1 aromatic carbocycles. The number of rotatable bonds is 5. The predicted octanol–water partition coefficient (Wildman–Crippen LogP) is 3.10. The van der Waals surface area contributed by atoms with E-state index in [1.165, 1.54) is 18.6 Å². The second kappa shape index (κ2) is 8.49. The van der Waals surface area contributed by atoms with Crippen LogP contribution in [0.15, 0.2) is 53.7 Å². The lowest BCUT2D eigenvalue weighted by Crippen LogP contribution is -2.43. The molecule has 1 fully saturated rings. The van der Waals surface area contributed by atoms with Crippen molar-refractivity contribution >= 4 is 21.7 Å². The van der Waals surface area contributed by atoms with Gasteiger partial charge in [-0.25, -0.2) is 18.4 Å². The van der Waals surface area contributed by atoms with Gasteiger partial charge in [-0.1, -0.05) is 31.4 Å². The number of primary sulfonamides is 1. The first-order chi connectivity index (χ1) is 12.9. The number of carbonyl (C=O) groups is 1. The lowest BCUT2D eigenvalue weighted by Gasteiger charge is -2.34. The smallest absolute Gasteiger partial charge is 0.317 e. The van der Waals surface area contributed by atoms with Gasteiger partial charge in [-0.2, -0.15) is 0 Å². The molecule has 8 heteroatoms. The van der Waals surface area contributed by atoms with Crippen molar-refractivity contribution in [3.05, 3.63) is 54.4 Å². The van der Waals surface area contributed by atoms with Gasteiger partial charge in [-0.05, 0) is 42.7 Å². The maximum absolute atomic E-state index is 13.0. The Kier molecular flexibility index (Phi) is 6.08. The van der Waals surface area contributed by atoms with Crippen LogP contribution in [0.3, 0.4) is 0 Å². The van der Waals surface area contributed by atoms with Gasteiger partial charge >= 0.3 is 6.03 Å². The van der Waals surface area contributed by atoms with E-state index in [4.69, 9.17) is 5.14 Å². The SMILES string of the molecule is NS(=O)(=O)c1cccc(NC(=O)N(Cc2cccnc2)C2CCCCC2)c1. The number of carbonyl (C=O) groups excluding carboxylic acids is 1. The van der Waals surface area contributed by atoms with Crippen molar-refractivity contribution in [1.82, 2.24) is 9.88 Å². The Balaban J connectivity index is 1.80. The highest BCUT2D eigenvalue weighted by Crippen LogP contribution is 2.25. The number of nitrogens with two attached hydrogens (primary N) is 1. The molecule has 0 atom stereocenters. The number of pyridine rings is 1. The Morgan fingerprint density at radius 3 is 2.63 bits per heavy atom. The minimum absolute atomic E-state index is 0.0308. The topological polar surface area (TPSA) is 105 Å². The van der Waals surface area contributed by atoms with Crippen LogP contribution in [0, 0.1) is 0 Å². The molecule has 7 nitrogen and oxygen atoms in total. The largest absolute Gasteiger partial charge is 0.322 e. The van der Waals surface area contributed by atoms with Crippen LogP contribution < -0.4 is 10.5 Å². The van der Waals surface area contributed by atoms with Crippen LogP contribution in [0.25, 0.3) is 0 Å². The van der Waals surface area contributed by atoms with E-state index in [2.05, 4.69) is 10.3 Å². The monoisotopic (exact) mass is 388 g/mol. The Morgan fingerprint density at radius 2 is 1.96 bits per heavy atom. The zero-order chi connectivity index (χ0) is 19.3. The second-order valence-corrected chi connectivity index (χ2v) is 8.35. The van der Waals surface area contributed by atoms with E-state index in [1.807, 2.05) is 17.0 Å². The highest BCUT2D eigenvalue weighted by molar-refractivity contribution is 7.89. The molecule has 3 N–H and O–H groups in total. The number of nitrogens with one attached hydrogen (secondary N) is 1. The van der Waals surface area contributed by atoms with Gasteiger partial charge in [-0.3, -0.25) is 4.98 Å². The van der Waals surface area contributed by atoms with Gasteiger partial charge in [0.25, 0.3) is 0 Å². The first-order valence-corrected chi connectivity index (χ1v) is 10.6. The summed E-state index contributed by atoms with van der Waals surface area (Å²) in [5.41, 5.74) is 1.36. The summed E-state index contributed by atoms with van der Waals surface area (Å²) >= 11 is 0. The van der Waals surface area contributed by atoms with Crippen LogP contribution in [0.1, 0.15) is 37.7 Å². The normalized spacial score (nSPS) is 15.3. The van der Waals surface area contributed by atoms with E-state index in [1.54, 1.807) is 24.5 Å². The summed E-state index contributed by atoms with van der Waals surface area (Å²) < 4.78 is 23.1.